The first-order valence-electron chi connectivity index (χ1n) is 8.05. The molecule has 0 aromatic rings. The Morgan fingerprint density at radius 2 is 1.75 bits per heavy atom. The Labute approximate surface area is 146 Å². The van der Waals surface area contributed by atoms with Crippen molar-refractivity contribution in [1.82, 2.24) is 4.31 Å². The van der Waals surface area contributed by atoms with E-state index in [0.717, 1.165) is 0 Å². The van der Waals surface area contributed by atoms with Gasteiger partial charge in [0.1, 0.15) is 0 Å². The molecule has 1 N–H and O–H groups in total. The quantitative estimate of drug-likeness (QED) is 0.750. The molecule has 0 unspecified atom stereocenters. The lowest BCUT2D eigenvalue weighted by molar-refractivity contribution is 0.0335. The molecule has 0 radical (unpaired) electrons. The lowest BCUT2D eigenvalue weighted by Gasteiger charge is -2.44. The number of nitrogens with zero attached hydrogens (tertiary/aromatic N) is 1. The van der Waals surface area contributed by atoms with Crippen LogP contribution < -0.4 is 0 Å². The summed E-state index contributed by atoms with van der Waals surface area (Å²) in [5.74, 6) is 0. The van der Waals surface area contributed by atoms with Crippen LogP contribution in [-0.4, -0.2) is 51.0 Å². The van der Waals surface area contributed by atoms with E-state index in [0.29, 0.717) is 4.31 Å². The largest absolute Gasteiger partial charge is 0.464 e. The smallest absolute Gasteiger partial charge is 0.423 e. The van der Waals surface area contributed by atoms with Crippen LogP contribution in [0.2, 0.25) is 18.1 Å². The maximum atomic E-state index is 12.1. The fourth-order valence-electron chi connectivity index (χ4n) is 2.54. The van der Waals surface area contributed by atoms with Crippen molar-refractivity contribution in [2.24, 2.45) is 5.41 Å². The van der Waals surface area contributed by atoms with Gasteiger partial charge in [-0.05, 0) is 30.0 Å². The first-order chi connectivity index (χ1) is 10.5. The molecule has 1 saturated heterocycles. The van der Waals surface area contributed by atoms with Crippen molar-refractivity contribution in [1.29, 1.82) is 0 Å². The Kier molecular flexibility index (Phi) is 5.58. The van der Waals surface area contributed by atoms with Crippen molar-refractivity contribution >= 4 is 24.7 Å². The third-order valence-corrected chi connectivity index (χ3v) is 11.3. The molecule has 0 saturated carbocycles. The maximum Gasteiger partial charge on any atom is 0.423 e. The number of rotatable bonds is 4. The minimum atomic E-state index is -4.28. The van der Waals surface area contributed by atoms with Crippen molar-refractivity contribution in [3.63, 3.8) is 0 Å². The molecule has 9 heteroatoms. The predicted octanol–water partition coefficient (Wildman–Crippen LogP) is 3.44. The molecule has 7 nitrogen and oxygen atoms in total. The molecule has 1 atom stereocenters. The summed E-state index contributed by atoms with van der Waals surface area (Å²) in [5, 5.41) is 9.49. The van der Waals surface area contributed by atoms with Gasteiger partial charge in [0, 0.05) is 6.61 Å². The van der Waals surface area contributed by atoms with Crippen LogP contribution in [0.4, 0.5) is 4.79 Å². The van der Waals surface area contributed by atoms with Crippen LogP contribution in [0.25, 0.3) is 0 Å². The van der Waals surface area contributed by atoms with Crippen molar-refractivity contribution in [3.05, 3.63) is 0 Å². The van der Waals surface area contributed by atoms with Gasteiger partial charge in [-0.1, -0.05) is 41.5 Å². The summed E-state index contributed by atoms with van der Waals surface area (Å²) in [4.78, 5) is 11.6. The molecule has 24 heavy (non-hydrogen) atoms. The average molecular weight is 382 g/mol. The summed E-state index contributed by atoms with van der Waals surface area (Å²) in [6.07, 6.45) is -1.26. The summed E-state index contributed by atoms with van der Waals surface area (Å²) in [6.45, 7) is 16.1. The van der Waals surface area contributed by atoms with Gasteiger partial charge in [0.25, 0.3) is 0 Å². The van der Waals surface area contributed by atoms with Crippen LogP contribution in [-0.2, 0) is 18.9 Å². The van der Waals surface area contributed by atoms with Gasteiger partial charge in [0.05, 0.1) is 12.1 Å². The molecule has 1 fully saturated rings. The predicted molar refractivity (Wildman–Crippen MR) is 94.7 cm³/mol. The lowest BCUT2D eigenvalue weighted by atomic mass is 9.72. The standard InChI is InChI=1S/C15H31NO6SSi/c1-13(2,3)15(9-10-22-24(7,8)14(4,5)6)11-21-23(19,20)16(15)12(17)18/h9-11H2,1-8H3,(H,17,18)/t15-/m1/s1. The van der Waals surface area contributed by atoms with Gasteiger partial charge in [-0.2, -0.15) is 12.7 Å². The molecule has 1 aliphatic heterocycles. The van der Waals surface area contributed by atoms with Gasteiger partial charge < -0.3 is 9.53 Å². The van der Waals surface area contributed by atoms with Crippen LogP contribution in [0.3, 0.4) is 0 Å². The van der Waals surface area contributed by atoms with E-state index < -0.39 is 35.7 Å². The molecule has 0 aromatic carbocycles. The van der Waals surface area contributed by atoms with Crippen LogP contribution in [0, 0.1) is 5.41 Å². The zero-order valence-corrected chi connectivity index (χ0v) is 17.8. The third kappa shape index (κ3) is 3.78. The van der Waals surface area contributed by atoms with Gasteiger partial charge in [0.2, 0.25) is 0 Å². The number of hydrogen-bond acceptors (Lipinski definition) is 5. The van der Waals surface area contributed by atoms with Crippen LogP contribution >= 0.6 is 0 Å². The Morgan fingerprint density at radius 1 is 1.25 bits per heavy atom. The van der Waals surface area contributed by atoms with Gasteiger partial charge in [0.15, 0.2) is 8.32 Å². The second kappa shape index (κ2) is 6.26. The molecule has 0 spiro atoms. The second-order valence-corrected chi connectivity index (χ2v) is 15.2. The van der Waals surface area contributed by atoms with E-state index in [-0.39, 0.29) is 24.7 Å². The van der Waals surface area contributed by atoms with Gasteiger partial charge in [-0.25, -0.2) is 4.79 Å². The molecular weight excluding hydrogens is 350 g/mol. The SMILES string of the molecule is CC(C)(C)[C@@]1(CCO[Si](C)(C)C(C)(C)C)COS(=O)(=O)N1C(=O)O. The molecule has 1 rings (SSSR count). The fraction of sp³-hybridized carbons (Fsp3) is 0.933. The molecule has 1 aliphatic rings. The zero-order chi connectivity index (χ0) is 19.2. The topological polar surface area (TPSA) is 93.1 Å². The molecule has 0 bridgehead atoms. The highest BCUT2D eigenvalue weighted by molar-refractivity contribution is 7.85. The first-order valence-corrected chi connectivity index (χ1v) is 12.3. The molecule has 142 valence electrons. The minimum absolute atomic E-state index is 0.0205. The Morgan fingerprint density at radius 3 is 2.12 bits per heavy atom. The summed E-state index contributed by atoms with van der Waals surface area (Å²) < 4.78 is 35.7. The minimum Gasteiger partial charge on any atom is -0.464 e. The highest BCUT2D eigenvalue weighted by Gasteiger charge is 2.60. The van der Waals surface area contributed by atoms with E-state index in [9.17, 15) is 18.3 Å². The molecule has 0 aromatic heterocycles. The first kappa shape index (κ1) is 21.4. The molecule has 0 aliphatic carbocycles. The van der Waals surface area contributed by atoms with Gasteiger partial charge in [-0.3, -0.25) is 4.18 Å². The van der Waals surface area contributed by atoms with Gasteiger partial charge in [-0.15, -0.1) is 0 Å². The van der Waals surface area contributed by atoms with E-state index in [1.54, 1.807) is 0 Å². The summed E-state index contributed by atoms with van der Waals surface area (Å²) >= 11 is 0. The van der Waals surface area contributed by atoms with E-state index in [1.165, 1.54) is 0 Å². The van der Waals surface area contributed by atoms with E-state index in [2.05, 4.69) is 33.9 Å². The monoisotopic (exact) mass is 381 g/mol. The molecule has 1 amide bonds. The Balaban J connectivity index is 3.11. The van der Waals surface area contributed by atoms with Crippen LogP contribution in [0.1, 0.15) is 48.0 Å². The van der Waals surface area contributed by atoms with Gasteiger partial charge >= 0.3 is 16.4 Å². The number of carbonyl (C=O) groups is 1. The number of hydrogen-bond donors (Lipinski definition) is 1. The normalized spacial score (nSPS) is 25.1. The van der Waals surface area contributed by atoms with Crippen LogP contribution in [0.5, 0.6) is 0 Å². The van der Waals surface area contributed by atoms with Crippen molar-refractivity contribution in [3.8, 4) is 0 Å². The van der Waals surface area contributed by atoms with Crippen molar-refractivity contribution < 1.29 is 26.9 Å². The number of carboxylic acid groups (broad SMARTS) is 1. The van der Waals surface area contributed by atoms with Crippen molar-refractivity contribution in [2.45, 2.75) is 71.6 Å². The fourth-order valence-corrected chi connectivity index (χ4v) is 5.07. The molecule has 1 heterocycles. The van der Waals surface area contributed by atoms with E-state index in [4.69, 9.17) is 8.61 Å². The van der Waals surface area contributed by atoms with Crippen molar-refractivity contribution in [2.75, 3.05) is 13.2 Å². The Bertz CT molecular complexity index is 590. The third-order valence-electron chi connectivity index (χ3n) is 5.41. The summed E-state index contributed by atoms with van der Waals surface area (Å²) in [7, 11) is -6.29. The summed E-state index contributed by atoms with van der Waals surface area (Å²) in [5.41, 5.74) is -1.81. The van der Waals surface area contributed by atoms with E-state index >= 15 is 0 Å². The second-order valence-electron chi connectivity index (χ2n) is 8.91. The Hall–Kier alpha value is -0.643. The lowest BCUT2D eigenvalue weighted by Crippen LogP contribution is -2.59. The van der Waals surface area contributed by atoms with E-state index in [1.807, 2.05) is 20.8 Å². The maximum absolute atomic E-state index is 12.1. The summed E-state index contributed by atoms with van der Waals surface area (Å²) in [6, 6.07) is 0. The highest BCUT2D eigenvalue weighted by atomic mass is 32.2. The molecular formula is C15H31NO6SSi. The van der Waals surface area contributed by atoms with Crippen LogP contribution in [0.15, 0.2) is 0 Å². The average Bonchev–Trinajstić information content (AvgIpc) is 2.59. The highest BCUT2D eigenvalue weighted by Crippen LogP contribution is 2.46. The zero-order valence-electron chi connectivity index (χ0n) is 16.0. The number of amides is 1.